The van der Waals surface area contributed by atoms with Crippen LogP contribution in [0.1, 0.15) is 20.8 Å². The first-order chi connectivity index (χ1) is 10.8. The van der Waals surface area contributed by atoms with E-state index < -0.39 is 5.41 Å². The van der Waals surface area contributed by atoms with Gasteiger partial charge in [0.1, 0.15) is 6.54 Å². The molecule has 0 saturated heterocycles. The molecular weight excluding hydrogens is 312 g/mol. The molecule has 0 fully saturated rings. The lowest BCUT2D eigenvalue weighted by Crippen LogP contribution is -2.51. The van der Waals surface area contributed by atoms with Crippen molar-refractivity contribution >= 4 is 40.0 Å². The zero-order chi connectivity index (χ0) is 17.0. The third-order valence-electron chi connectivity index (χ3n) is 3.22. The fourth-order valence-electron chi connectivity index (χ4n) is 1.92. The van der Waals surface area contributed by atoms with Gasteiger partial charge in [0.25, 0.3) is 5.91 Å². The standard InChI is InChI=1S/C16H20N4O2S/c1-16(2,3)14(22)17-15(23)19-18-13(21)10-20-9-8-11-6-4-5-7-12(11)20/h4-9H,10H2,1-3H3,(H,18,21)(H2,17,19,22,23). The number of benzene rings is 1. The molecule has 0 spiro atoms. The molecule has 0 aliphatic carbocycles. The number of aromatic nitrogens is 1. The Labute approximate surface area is 140 Å². The molecule has 0 radical (unpaired) electrons. The van der Waals surface area contributed by atoms with Crippen LogP contribution in [-0.2, 0) is 16.1 Å². The second kappa shape index (κ2) is 6.78. The van der Waals surface area contributed by atoms with Crippen molar-refractivity contribution in [3.8, 4) is 0 Å². The van der Waals surface area contributed by atoms with Crippen molar-refractivity contribution in [3.05, 3.63) is 36.5 Å². The maximum Gasteiger partial charge on any atom is 0.258 e. The fourth-order valence-corrected chi connectivity index (χ4v) is 2.06. The monoisotopic (exact) mass is 332 g/mol. The van der Waals surface area contributed by atoms with E-state index in [1.807, 2.05) is 41.1 Å². The quantitative estimate of drug-likeness (QED) is 0.578. The van der Waals surface area contributed by atoms with E-state index in [4.69, 9.17) is 12.2 Å². The van der Waals surface area contributed by atoms with Crippen LogP contribution in [0.4, 0.5) is 0 Å². The summed E-state index contributed by atoms with van der Waals surface area (Å²) in [5, 5.41) is 3.66. The summed E-state index contributed by atoms with van der Waals surface area (Å²) < 4.78 is 1.84. The summed E-state index contributed by atoms with van der Waals surface area (Å²) in [6.45, 7) is 5.48. The van der Waals surface area contributed by atoms with Gasteiger partial charge in [0.2, 0.25) is 5.91 Å². The molecule has 0 unspecified atom stereocenters. The maximum absolute atomic E-state index is 12.0. The van der Waals surface area contributed by atoms with E-state index in [0.717, 1.165) is 10.9 Å². The Balaban J connectivity index is 1.86. The molecule has 122 valence electrons. The molecule has 0 aliphatic rings. The van der Waals surface area contributed by atoms with Crippen LogP contribution in [0.25, 0.3) is 10.9 Å². The van der Waals surface area contributed by atoms with Crippen LogP contribution < -0.4 is 16.2 Å². The lowest BCUT2D eigenvalue weighted by atomic mass is 9.96. The van der Waals surface area contributed by atoms with E-state index in [-0.39, 0.29) is 23.5 Å². The molecule has 0 saturated carbocycles. The normalized spacial score (nSPS) is 11.1. The third kappa shape index (κ3) is 4.53. The maximum atomic E-state index is 12.0. The number of hydrazine groups is 1. The van der Waals surface area contributed by atoms with E-state index in [9.17, 15) is 9.59 Å². The van der Waals surface area contributed by atoms with Crippen molar-refractivity contribution in [3.63, 3.8) is 0 Å². The van der Waals surface area contributed by atoms with Crippen LogP contribution in [-0.4, -0.2) is 21.5 Å². The molecule has 0 atom stereocenters. The molecule has 1 aromatic heterocycles. The summed E-state index contributed by atoms with van der Waals surface area (Å²) >= 11 is 4.98. The zero-order valence-electron chi connectivity index (χ0n) is 13.3. The van der Waals surface area contributed by atoms with Gasteiger partial charge in [0.15, 0.2) is 5.11 Å². The van der Waals surface area contributed by atoms with Gasteiger partial charge in [-0.1, -0.05) is 39.0 Å². The summed E-state index contributed by atoms with van der Waals surface area (Å²) in [7, 11) is 0. The Morgan fingerprint density at radius 1 is 1.13 bits per heavy atom. The third-order valence-corrected chi connectivity index (χ3v) is 3.42. The predicted octanol–water partition coefficient (Wildman–Crippen LogP) is 1.71. The molecule has 3 N–H and O–H groups in total. The lowest BCUT2D eigenvalue weighted by Gasteiger charge is -2.18. The fraction of sp³-hybridized carbons (Fsp3) is 0.312. The van der Waals surface area contributed by atoms with Crippen molar-refractivity contribution in [2.75, 3.05) is 0 Å². The van der Waals surface area contributed by atoms with Crippen molar-refractivity contribution < 1.29 is 9.59 Å². The molecular formula is C16H20N4O2S. The highest BCUT2D eigenvalue weighted by Gasteiger charge is 2.22. The van der Waals surface area contributed by atoms with Crippen LogP contribution in [0.3, 0.4) is 0 Å². The minimum Gasteiger partial charge on any atom is -0.338 e. The Kier molecular flexibility index (Phi) is 5.00. The van der Waals surface area contributed by atoms with Gasteiger partial charge in [-0.15, -0.1) is 0 Å². The van der Waals surface area contributed by atoms with Crippen molar-refractivity contribution in [2.45, 2.75) is 27.3 Å². The van der Waals surface area contributed by atoms with Crippen molar-refractivity contribution in [2.24, 2.45) is 5.41 Å². The molecule has 1 heterocycles. The number of amides is 2. The number of nitrogens with zero attached hydrogens (tertiary/aromatic N) is 1. The Bertz CT molecular complexity index is 746. The molecule has 0 bridgehead atoms. The zero-order valence-corrected chi connectivity index (χ0v) is 14.2. The van der Waals surface area contributed by atoms with Gasteiger partial charge in [0, 0.05) is 17.1 Å². The topological polar surface area (TPSA) is 75.2 Å². The first kappa shape index (κ1) is 17.0. The van der Waals surface area contributed by atoms with Crippen molar-refractivity contribution in [1.29, 1.82) is 0 Å². The number of carbonyl (C=O) groups excluding carboxylic acids is 2. The molecule has 2 rings (SSSR count). The summed E-state index contributed by atoms with van der Waals surface area (Å²) in [5.41, 5.74) is 5.43. The van der Waals surface area contributed by atoms with E-state index in [1.54, 1.807) is 20.8 Å². The molecule has 2 aromatic rings. The van der Waals surface area contributed by atoms with Crippen LogP contribution in [0.5, 0.6) is 0 Å². The average Bonchev–Trinajstić information content (AvgIpc) is 2.87. The molecule has 23 heavy (non-hydrogen) atoms. The van der Waals surface area contributed by atoms with Crippen LogP contribution in [0, 0.1) is 5.41 Å². The number of thiocarbonyl (C=S) groups is 1. The molecule has 1 aromatic carbocycles. The summed E-state index contributed by atoms with van der Waals surface area (Å²) in [4.78, 5) is 23.7. The molecule has 7 heteroatoms. The summed E-state index contributed by atoms with van der Waals surface area (Å²) in [5.74, 6) is -0.487. The minimum absolute atomic E-state index is 0.0654. The van der Waals surface area contributed by atoms with Crippen molar-refractivity contribution in [1.82, 2.24) is 20.7 Å². The number of carbonyl (C=O) groups is 2. The minimum atomic E-state index is -0.556. The number of para-hydroxylation sites is 1. The highest BCUT2D eigenvalue weighted by atomic mass is 32.1. The summed E-state index contributed by atoms with van der Waals surface area (Å²) in [6.07, 6.45) is 1.85. The van der Waals surface area contributed by atoms with E-state index in [0.29, 0.717) is 0 Å². The van der Waals surface area contributed by atoms with Gasteiger partial charge < -0.3 is 9.88 Å². The largest absolute Gasteiger partial charge is 0.338 e. The van der Waals surface area contributed by atoms with Crippen LogP contribution >= 0.6 is 12.2 Å². The SMILES string of the molecule is CC(C)(C)C(=O)NC(=S)NNC(=O)Cn1ccc2ccccc21. The van der Waals surface area contributed by atoms with Gasteiger partial charge in [-0.2, -0.15) is 0 Å². The second-order valence-corrected chi connectivity index (χ2v) is 6.62. The number of fused-ring (bicyclic) bond motifs is 1. The second-order valence-electron chi connectivity index (χ2n) is 6.21. The number of hydrogen-bond acceptors (Lipinski definition) is 3. The number of nitrogens with one attached hydrogen (secondary N) is 3. The van der Waals surface area contributed by atoms with Gasteiger partial charge in [-0.25, -0.2) is 0 Å². The van der Waals surface area contributed by atoms with E-state index >= 15 is 0 Å². The van der Waals surface area contributed by atoms with Crippen LogP contribution in [0.15, 0.2) is 36.5 Å². The highest BCUT2D eigenvalue weighted by Crippen LogP contribution is 2.14. The van der Waals surface area contributed by atoms with E-state index in [2.05, 4.69) is 16.2 Å². The highest BCUT2D eigenvalue weighted by molar-refractivity contribution is 7.80. The number of rotatable bonds is 2. The lowest BCUT2D eigenvalue weighted by molar-refractivity contribution is -0.127. The average molecular weight is 332 g/mol. The first-order valence-electron chi connectivity index (χ1n) is 7.21. The molecule has 2 amide bonds. The van der Waals surface area contributed by atoms with Gasteiger partial charge in [-0.3, -0.25) is 20.4 Å². The first-order valence-corrected chi connectivity index (χ1v) is 7.62. The summed E-state index contributed by atoms with van der Waals surface area (Å²) in [6, 6.07) is 9.75. The number of hydrogen-bond donors (Lipinski definition) is 3. The Morgan fingerprint density at radius 2 is 1.83 bits per heavy atom. The van der Waals surface area contributed by atoms with E-state index in [1.165, 1.54) is 0 Å². The predicted molar refractivity (Wildman–Crippen MR) is 93.4 cm³/mol. The molecule has 6 nitrogen and oxygen atoms in total. The van der Waals surface area contributed by atoms with Gasteiger partial charge in [0.05, 0.1) is 0 Å². The smallest absolute Gasteiger partial charge is 0.258 e. The Morgan fingerprint density at radius 3 is 2.52 bits per heavy atom. The van der Waals surface area contributed by atoms with Gasteiger partial charge in [-0.05, 0) is 29.7 Å². The van der Waals surface area contributed by atoms with Gasteiger partial charge >= 0.3 is 0 Å². The Hall–Kier alpha value is -2.41. The van der Waals surface area contributed by atoms with Crippen LogP contribution in [0.2, 0.25) is 0 Å². The molecule has 0 aliphatic heterocycles.